The van der Waals surface area contributed by atoms with Crippen molar-refractivity contribution in [1.29, 1.82) is 0 Å². The van der Waals surface area contributed by atoms with E-state index in [-0.39, 0.29) is 17.2 Å². The molecule has 1 amide bonds. The minimum absolute atomic E-state index is 0.155. The molecule has 1 rings (SSSR count). The number of nitrogens with one attached hydrogen (secondary N) is 1. The highest BCUT2D eigenvalue weighted by Crippen LogP contribution is 2.27. The van der Waals surface area contributed by atoms with Gasteiger partial charge in [-0.2, -0.15) is 0 Å². The molecule has 0 aliphatic carbocycles. The molecule has 0 aromatic heterocycles. The first-order chi connectivity index (χ1) is 10.6. The van der Waals surface area contributed by atoms with Crippen LogP contribution in [0, 0.1) is 10.1 Å². The van der Waals surface area contributed by atoms with Gasteiger partial charge < -0.3 is 10.4 Å². The highest BCUT2D eigenvalue weighted by molar-refractivity contribution is 5.97. The highest BCUT2D eigenvalue weighted by Gasteiger charge is 2.26. The van der Waals surface area contributed by atoms with Crippen LogP contribution in [0.1, 0.15) is 42.1 Å². The van der Waals surface area contributed by atoms with Gasteiger partial charge in [-0.25, -0.2) is 13.6 Å². The fourth-order valence-electron chi connectivity index (χ4n) is 1.97. The van der Waals surface area contributed by atoms with Crippen LogP contribution in [0.2, 0.25) is 0 Å². The minimum Gasteiger partial charge on any atom is -0.480 e. The Balaban J connectivity index is 3.06. The van der Waals surface area contributed by atoms with Crippen LogP contribution in [0.15, 0.2) is 18.2 Å². The molecule has 0 spiro atoms. The Morgan fingerprint density at radius 2 is 1.96 bits per heavy atom. The van der Waals surface area contributed by atoms with Crippen molar-refractivity contribution in [3.05, 3.63) is 39.4 Å². The molecule has 1 aromatic carbocycles. The van der Waals surface area contributed by atoms with Gasteiger partial charge in [0.1, 0.15) is 6.04 Å². The number of alkyl halides is 2. The van der Waals surface area contributed by atoms with E-state index in [1.807, 2.05) is 5.32 Å². The molecule has 0 saturated heterocycles. The lowest BCUT2D eigenvalue weighted by Crippen LogP contribution is -2.42. The van der Waals surface area contributed by atoms with E-state index in [0.717, 1.165) is 6.07 Å². The SMILES string of the molecule is CC(C)c1ccc(C(=O)NC(CC(F)F)C(=O)O)cc1[N+](=O)[O-]. The molecule has 0 radical (unpaired) electrons. The summed E-state index contributed by atoms with van der Waals surface area (Å²) < 4.78 is 24.6. The molecule has 1 aromatic rings. The summed E-state index contributed by atoms with van der Waals surface area (Å²) >= 11 is 0. The Labute approximate surface area is 130 Å². The van der Waals surface area contributed by atoms with E-state index >= 15 is 0 Å². The second-order valence-electron chi connectivity index (χ2n) is 5.18. The third-order valence-corrected chi connectivity index (χ3v) is 3.13. The average Bonchev–Trinajstić information content (AvgIpc) is 2.44. The molecular weight excluding hydrogens is 314 g/mol. The molecule has 126 valence electrons. The molecule has 7 nitrogen and oxygen atoms in total. The number of halogens is 2. The highest BCUT2D eigenvalue weighted by atomic mass is 19.3. The number of hydrogen-bond donors (Lipinski definition) is 2. The van der Waals surface area contributed by atoms with Gasteiger partial charge in [-0.05, 0) is 12.0 Å². The van der Waals surface area contributed by atoms with Crippen LogP contribution in [0.4, 0.5) is 14.5 Å². The zero-order valence-corrected chi connectivity index (χ0v) is 12.5. The maximum atomic E-state index is 12.3. The van der Waals surface area contributed by atoms with Gasteiger partial charge in [0, 0.05) is 23.6 Å². The van der Waals surface area contributed by atoms with Crippen LogP contribution in [0.3, 0.4) is 0 Å². The summed E-state index contributed by atoms with van der Waals surface area (Å²) in [6, 6.07) is 1.91. The second kappa shape index (κ2) is 7.61. The van der Waals surface area contributed by atoms with Gasteiger partial charge in [0.05, 0.1) is 4.92 Å². The number of nitrogens with zero attached hydrogens (tertiary/aromatic N) is 1. The third-order valence-electron chi connectivity index (χ3n) is 3.13. The number of carboxylic acids is 1. The van der Waals surface area contributed by atoms with E-state index in [4.69, 9.17) is 5.11 Å². The van der Waals surface area contributed by atoms with Crippen LogP contribution in [0.5, 0.6) is 0 Å². The van der Waals surface area contributed by atoms with E-state index in [1.54, 1.807) is 13.8 Å². The van der Waals surface area contributed by atoms with Crippen molar-refractivity contribution >= 4 is 17.6 Å². The number of carboxylic acid groups (broad SMARTS) is 1. The molecule has 0 bridgehead atoms. The molecule has 1 atom stereocenters. The number of nitro groups is 1. The van der Waals surface area contributed by atoms with Gasteiger partial charge in [-0.15, -0.1) is 0 Å². The van der Waals surface area contributed by atoms with E-state index in [1.165, 1.54) is 12.1 Å². The van der Waals surface area contributed by atoms with Crippen LogP contribution < -0.4 is 5.32 Å². The van der Waals surface area contributed by atoms with Gasteiger partial charge >= 0.3 is 5.97 Å². The zero-order valence-electron chi connectivity index (χ0n) is 12.5. The average molecular weight is 330 g/mol. The molecule has 0 fully saturated rings. The number of nitro benzene ring substituents is 1. The smallest absolute Gasteiger partial charge is 0.326 e. The Morgan fingerprint density at radius 3 is 2.39 bits per heavy atom. The zero-order chi connectivity index (χ0) is 17.7. The topological polar surface area (TPSA) is 110 Å². The summed E-state index contributed by atoms with van der Waals surface area (Å²) in [6.45, 7) is 3.48. The first-order valence-corrected chi connectivity index (χ1v) is 6.73. The van der Waals surface area contributed by atoms with Gasteiger partial charge in [-0.1, -0.05) is 19.9 Å². The minimum atomic E-state index is -2.91. The van der Waals surface area contributed by atoms with Crippen molar-refractivity contribution in [1.82, 2.24) is 5.32 Å². The van der Waals surface area contributed by atoms with Gasteiger partial charge in [-0.3, -0.25) is 14.9 Å². The molecule has 0 aliphatic rings. The first-order valence-electron chi connectivity index (χ1n) is 6.73. The van der Waals surface area contributed by atoms with E-state index in [9.17, 15) is 28.5 Å². The maximum Gasteiger partial charge on any atom is 0.326 e. The summed E-state index contributed by atoms with van der Waals surface area (Å²) in [5.41, 5.74) is -0.0380. The van der Waals surface area contributed by atoms with E-state index < -0.39 is 35.7 Å². The number of amides is 1. The predicted octanol–water partition coefficient (Wildman–Crippen LogP) is 2.56. The second-order valence-corrected chi connectivity index (χ2v) is 5.18. The van der Waals surface area contributed by atoms with Crippen LogP contribution in [-0.2, 0) is 4.79 Å². The van der Waals surface area contributed by atoms with Crippen molar-refractivity contribution in [3.8, 4) is 0 Å². The van der Waals surface area contributed by atoms with Crippen LogP contribution >= 0.6 is 0 Å². The van der Waals surface area contributed by atoms with Crippen molar-refractivity contribution in [2.45, 2.75) is 38.7 Å². The number of carbonyl (C=O) groups is 2. The Hall–Kier alpha value is -2.58. The fourth-order valence-corrected chi connectivity index (χ4v) is 1.97. The lowest BCUT2D eigenvalue weighted by Gasteiger charge is -2.14. The Kier molecular flexibility index (Phi) is 6.11. The van der Waals surface area contributed by atoms with Crippen molar-refractivity contribution < 1.29 is 28.4 Å². The molecular formula is C14H16F2N2O5. The summed E-state index contributed by atoms with van der Waals surface area (Å²) in [4.78, 5) is 33.2. The van der Waals surface area contributed by atoms with Gasteiger partial charge in [0.2, 0.25) is 6.43 Å². The number of aliphatic carboxylic acids is 1. The molecule has 0 aliphatic heterocycles. The fraction of sp³-hybridized carbons (Fsp3) is 0.429. The van der Waals surface area contributed by atoms with E-state index in [0.29, 0.717) is 5.56 Å². The molecule has 2 N–H and O–H groups in total. The van der Waals surface area contributed by atoms with Crippen LogP contribution in [0.25, 0.3) is 0 Å². The molecule has 0 heterocycles. The predicted molar refractivity (Wildman–Crippen MR) is 76.7 cm³/mol. The first kappa shape index (κ1) is 18.5. The van der Waals surface area contributed by atoms with E-state index in [2.05, 4.69) is 0 Å². The number of rotatable bonds is 7. The van der Waals surface area contributed by atoms with Crippen molar-refractivity contribution in [2.75, 3.05) is 0 Å². The number of hydrogen-bond acceptors (Lipinski definition) is 4. The van der Waals surface area contributed by atoms with Gasteiger partial charge in [0.15, 0.2) is 0 Å². The molecule has 0 saturated carbocycles. The third kappa shape index (κ3) is 4.97. The Bertz CT molecular complexity index is 619. The van der Waals surface area contributed by atoms with Gasteiger partial charge in [0.25, 0.3) is 11.6 Å². The lowest BCUT2D eigenvalue weighted by atomic mass is 9.99. The monoisotopic (exact) mass is 330 g/mol. The molecule has 9 heteroatoms. The van der Waals surface area contributed by atoms with Crippen molar-refractivity contribution in [3.63, 3.8) is 0 Å². The summed E-state index contributed by atoms with van der Waals surface area (Å²) in [6.07, 6.45) is -3.96. The molecule has 23 heavy (non-hydrogen) atoms. The van der Waals surface area contributed by atoms with Crippen molar-refractivity contribution in [2.24, 2.45) is 0 Å². The summed E-state index contributed by atoms with van der Waals surface area (Å²) in [5.74, 6) is -2.72. The largest absolute Gasteiger partial charge is 0.480 e. The normalized spacial score (nSPS) is 12.3. The maximum absolute atomic E-state index is 12.3. The quantitative estimate of drug-likeness (QED) is 0.590. The summed E-state index contributed by atoms with van der Waals surface area (Å²) in [5, 5.41) is 21.8. The number of benzene rings is 1. The Morgan fingerprint density at radius 1 is 1.35 bits per heavy atom. The lowest BCUT2D eigenvalue weighted by molar-refractivity contribution is -0.385. The number of carbonyl (C=O) groups excluding carboxylic acids is 1. The molecule has 1 unspecified atom stereocenters. The standard InChI is InChI=1S/C14H16F2N2O5/c1-7(2)9-4-3-8(5-11(9)18(22)23)13(19)17-10(14(20)21)6-12(15)16/h3-5,7,10,12H,6H2,1-2H3,(H,17,19)(H,20,21). The summed E-state index contributed by atoms with van der Waals surface area (Å²) in [7, 11) is 0. The van der Waals surface area contributed by atoms with Crippen LogP contribution in [-0.4, -0.2) is 34.4 Å².